The van der Waals surface area contributed by atoms with Crippen LogP contribution in [0.5, 0.6) is 0 Å². The van der Waals surface area contributed by atoms with Crippen molar-refractivity contribution in [1.82, 2.24) is 10.1 Å². The van der Waals surface area contributed by atoms with Crippen molar-refractivity contribution < 1.29 is 17.7 Å². The van der Waals surface area contributed by atoms with E-state index in [1.807, 2.05) is 30.3 Å². The monoisotopic (exact) mass is 257 g/mol. The maximum absolute atomic E-state index is 12.3. The normalized spacial score (nSPS) is 13.6. The molecule has 1 atom stereocenters. The second-order valence-electron chi connectivity index (χ2n) is 3.75. The molecule has 0 aliphatic heterocycles. The molecule has 0 bridgehead atoms. The summed E-state index contributed by atoms with van der Waals surface area (Å²) in [6.07, 6.45) is -4.28. The van der Waals surface area contributed by atoms with Crippen LogP contribution in [0.4, 0.5) is 13.2 Å². The minimum atomic E-state index is -4.62. The third kappa shape index (κ3) is 2.86. The van der Waals surface area contributed by atoms with Gasteiger partial charge in [0.05, 0.1) is 6.04 Å². The van der Waals surface area contributed by atoms with E-state index in [9.17, 15) is 13.2 Å². The van der Waals surface area contributed by atoms with E-state index in [2.05, 4.69) is 14.7 Å². The molecule has 0 saturated carbocycles. The van der Waals surface area contributed by atoms with Crippen molar-refractivity contribution in [2.24, 2.45) is 5.73 Å². The largest absolute Gasteiger partial charge is 0.455 e. The van der Waals surface area contributed by atoms with Crippen molar-refractivity contribution in [1.29, 1.82) is 0 Å². The Labute approximate surface area is 101 Å². The average Bonchev–Trinajstić information content (AvgIpc) is 2.79. The molecular formula is C11H10F3N3O. The fourth-order valence-electron chi connectivity index (χ4n) is 1.46. The predicted molar refractivity (Wildman–Crippen MR) is 56.4 cm³/mol. The van der Waals surface area contributed by atoms with Crippen molar-refractivity contribution >= 4 is 0 Å². The molecule has 1 aromatic carbocycles. The third-order valence-corrected chi connectivity index (χ3v) is 2.31. The molecule has 0 saturated heterocycles. The summed E-state index contributed by atoms with van der Waals surface area (Å²) in [6.45, 7) is 0. The lowest BCUT2D eigenvalue weighted by Crippen LogP contribution is -2.14. The van der Waals surface area contributed by atoms with Crippen LogP contribution in [0.15, 0.2) is 34.9 Å². The SMILES string of the molecule is NC(Cc1ccccc1)c1nc(C(F)(F)F)no1. The highest BCUT2D eigenvalue weighted by molar-refractivity contribution is 5.16. The lowest BCUT2D eigenvalue weighted by Gasteiger charge is -2.06. The number of hydrogen-bond donors (Lipinski definition) is 1. The molecule has 0 fully saturated rings. The number of benzene rings is 1. The summed E-state index contributed by atoms with van der Waals surface area (Å²) in [5.41, 5.74) is 6.61. The molecule has 2 aromatic rings. The van der Waals surface area contributed by atoms with Gasteiger partial charge >= 0.3 is 6.18 Å². The first-order valence-electron chi connectivity index (χ1n) is 5.17. The number of hydrogen-bond acceptors (Lipinski definition) is 4. The van der Waals surface area contributed by atoms with E-state index < -0.39 is 18.0 Å². The highest BCUT2D eigenvalue weighted by atomic mass is 19.4. The standard InChI is InChI=1S/C11H10F3N3O/c12-11(13,14)10-16-9(18-17-10)8(15)6-7-4-2-1-3-5-7/h1-5,8H,6,15H2. The zero-order valence-corrected chi connectivity index (χ0v) is 9.19. The second kappa shape index (κ2) is 4.77. The minimum Gasteiger partial charge on any atom is -0.337 e. The summed E-state index contributed by atoms with van der Waals surface area (Å²) in [5.74, 6) is -1.52. The summed E-state index contributed by atoms with van der Waals surface area (Å²) in [5, 5.41) is 2.86. The van der Waals surface area contributed by atoms with E-state index >= 15 is 0 Å². The lowest BCUT2D eigenvalue weighted by molar-refractivity contribution is -0.146. The summed E-state index contributed by atoms with van der Waals surface area (Å²) in [4.78, 5) is 3.25. The third-order valence-electron chi connectivity index (χ3n) is 2.31. The number of rotatable bonds is 3. The van der Waals surface area contributed by atoms with Gasteiger partial charge in [-0.2, -0.15) is 18.2 Å². The van der Waals surface area contributed by atoms with Crippen molar-refractivity contribution in [2.75, 3.05) is 0 Å². The molecular weight excluding hydrogens is 247 g/mol. The van der Waals surface area contributed by atoms with Crippen LogP contribution < -0.4 is 5.73 Å². The maximum Gasteiger partial charge on any atom is 0.455 e. The maximum atomic E-state index is 12.3. The average molecular weight is 257 g/mol. The molecule has 1 aromatic heterocycles. The van der Waals surface area contributed by atoms with Gasteiger partial charge in [-0.3, -0.25) is 0 Å². The van der Waals surface area contributed by atoms with Gasteiger partial charge in [0.25, 0.3) is 5.82 Å². The van der Waals surface area contributed by atoms with E-state index in [0.717, 1.165) is 5.56 Å². The second-order valence-corrected chi connectivity index (χ2v) is 3.75. The molecule has 96 valence electrons. The Kier molecular flexibility index (Phi) is 3.33. The Morgan fingerprint density at radius 1 is 1.22 bits per heavy atom. The minimum absolute atomic E-state index is 0.217. The smallest absolute Gasteiger partial charge is 0.337 e. The van der Waals surface area contributed by atoms with Crippen LogP contribution in [0.3, 0.4) is 0 Å². The van der Waals surface area contributed by atoms with E-state index in [4.69, 9.17) is 5.73 Å². The van der Waals surface area contributed by atoms with E-state index in [-0.39, 0.29) is 5.89 Å². The molecule has 7 heteroatoms. The van der Waals surface area contributed by atoms with Crippen LogP contribution >= 0.6 is 0 Å². The summed E-state index contributed by atoms with van der Waals surface area (Å²) in [7, 11) is 0. The number of halogens is 3. The van der Waals surface area contributed by atoms with Crippen LogP contribution in [0.1, 0.15) is 23.3 Å². The summed E-state index contributed by atoms with van der Waals surface area (Å²) < 4.78 is 41.3. The highest BCUT2D eigenvalue weighted by Gasteiger charge is 2.37. The number of nitrogens with zero attached hydrogens (tertiary/aromatic N) is 2. The molecule has 0 radical (unpaired) electrons. The molecule has 18 heavy (non-hydrogen) atoms. The Hall–Kier alpha value is -1.89. The molecule has 1 unspecified atom stereocenters. The molecule has 0 aliphatic carbocycles. The Balaban J connectivity index is 2.10. The van der Waals surface area contributed by atoms with Crippen molar-refractivity contribution in [2.45, 2.75) is 18.6 Å². The van der Waals surface area contributed by atoms with Gasteiger partial charge in [-0.05, 0) is 12.0 Å². The van der Waals surface area contributed by atoms with Gasteiger partial charge in [0, 0.05) is 0 Å². The topological polar surface area (TPSA) is 64.9 Å². The van der Waals surface area contributed by atoms with Crippen LogP contribution in [0, 0.1) is 0 Å². The number of aromatic nitrogens is 2. The highest BCUT2D eigenvalue weighted by Crippen LogP contribution is 2.27. The van der Waals surface area contributed by atoms with Gasteiger partial charge in [0.2, 0.25) is 5.89 Å². The first kappa shape index (κ1) is 12.6. The van der Waals surface area contributed by atoms with Gasteiger partial charge in [-0.1, -0.05) is 35.5 Å². The first-order chi connectivity index (χ1) is 8.47. The van der Waals surface area contributed by atoms with E-state index in [1.54, 1.807) is 0 Å². The van der Waals surface area contributed by atoms with Crippen molar-refractivity contribution in [3.05, 3.63) is 47.6 Å². The number of alkyl halides is 3. The van der Waals surface area contributed by atoms with Crippen molar-refractivity contribution in [3.63, 3.8) is 0 Å². The van der Waals surface area contributed by atoms with Gasteiger partial charge < -0.3 is 10.3 Å². The molecule has 0 aliphatic rings. The summed E-state index contributed by atoms with van der Waals surface area (Å²) in [6, 6.07) is 8.36. The Morgan fingerprint density at radius 2 is 1.89 bits per heavy atom. The molecule has 2 rings (SSSR count). The predicted octanol–water partition coefficient (Wildman–Crippen LogP) is 2.33. The number of nitrogens with two attached hydrogens (primary N) is 1. The van der Waals surface area contributed by atoms with Crippen LogP contribution in [0.2, 0.25) is 0 Å². The van der Waals surface area contributed by atoms with Gasteiger partial charge in [-0.15, -0.1) is 0 Å². The zero-order valence-electron chi connectivity index (χ0n) is 9.19. The quantitative estimate of drug-likeness (QED) is 0.916. The zero-order chi connectivity index (χ0) is 13.2. The molecule has 2 N–H and O–H groups in total. The van der Waals surface area contributed by atoms with Gasteiger partial charge in [0.1, 0.15) is 0 Å². The summed E-state index contributed by atoms with van der Waals surface area (Å²) >= 11 is 0. The molecule has 0 spiro atoms. The van der Waals surface area contributed by atoms with Crippen LogP contribution in [-0.2, 0) is 12.6 Å². The van der Waals surface area contributed by atoms with Gasteiger partial charge in [0.15, 0.2) is 0 Å². The molecule has 0 amide bonds. The van der Waals surface area contributed by atoms with Crippen LogP contribution in [-0.4, -0.2) is 10.1 Å². The fraction of sp³-hybridized carbons (Fsp3) is 0.273. The first-order valence-corrected chi connectivity index (χ1v) is 5.17. The molecule has 1 heterocycles. The Bertz CT molecular complexity index is 510. The van der Waals surface area contributed by atoms with Crippen LogP contribution in [0.25, 0.3) is 0 Å². The fourth-order valence-corrected chi connectivity index (χ4v) is 1.46. The Morgan fingerprint density at radius 3 is 2.44 bits per heavy atom. The van der Waals surface area contributed by atoms with E-state index in [0.29, 0.717) is 6.42 Å². The molecule has 4 nitrogen and oxygen atoms in total. The van der Waals surface area contributed by atoms with Crippen molar-refractivity contribution in [3.8, 4) is 0 Å². The van der Waals surface area contributed by atoms with E-state index in [1.165, 1.54) is 0 Å². The van der Waals surface area contributed by atoms with Gasteiger partial charge in [-0.25, -0.2) is 0 Å². The lowest BCUT2D eigenvalue weighted by atomic mass is 10.1.